The van der Waals surface area contributed by atoms with Crippen molar-refractivity contribution in [3.63, 3.8) is 0 Å². The summed E-state index contributed by atoms with van der Waals surface area (Å²) >= 11 is 0. The molecule has 2 amide bonds. The molecule has 1 aliphatic heterocycles. The molecule has 0 unspecified atom stereocenters. The van der Waals surface area contributed by atoms with Crippen LogP contribution >= 0.6 is 0 Å². The molecule has 4 rings (SSSR count). The van der Waals surface area contributed by atoms with Crippen molar-refractivity contribution in [3.05, 3.63) is 92.7 Å². The minimum Gasteiger partial charge on any atom is -0.327 e. The van der Waals surface area contributed by atoms with Gasteiger partial charge in [0.25, 0.3) is 5.91 Å². The van der Waals surface area contributed by atoms with Gasteiger partial charge in [-0.15, -0.1) is 9.78 Å². The van der Waals surface area contributed by atoms with Gasteiger partial charge in [0.1, 0.15) is 12.4 Å². The van der Waals surface area contributed by atoms with Gasteiger partial charge in [0.15, 0.2) is 24.4 Å². The molecule has 7 nitrogen and oxygen atoms in total. The number of rotatable bonds is 4. The van der Waals surface area contributed by atoms with Crippen molar-refractivity contribution in [1.82, 2.24) is 10.00 Å². The van der Waals surface area contributed by atoms with Crippen LogP contribution in [0.3, 0.4) is 0 Å². The number of nitrogens with zero attached hydrogens (tertiary/aromatic N) is 3. The lowest BCUT2D eigenvalue weighted by molar-refractivity contribution is -0.747. The number of carbonyl (C=O) groups excluding carboxylic acids is 2. The van der Waals surface area contributed by atoms with Crippen LogP contribution in [0.1, 0.15) is 27.0 Å². The molecule has 1 N–H and O–H groups in total. The first kappa shape index (κ1) is 23.2. The third kappa shape index (κ3) is 4.57. The molecule has 3 aromatic rings. The molecule has 10 heteroatoms. The fraction of sp³-hybridized carbons (Fsp3) is 0.250. The molecule has 0 aliphatic carbocycles. The highest BCUT2D eigenvalue weighted by molar-refractivity contribution is 6.01. The maximum absolute atomic E-state index is 14.5. The number of amides is 2. The fourth-order valence-corrected chi connectivity index (χ4v) is 3.82. The molecule has 0 saturated carbocycles. The Morgan fingerprint density at radius 2 is 1.74 bits per heavy atom. The molecule has 0 spiro atoms. The van der Waals surface area contributed by atoms with E-state index < -0.39 is 29.3 Å². The van der Waals surface area contributed by atoms with Crippen LogP contribution in [0.15, 0.2) is 47.4 Å². The normalized spacial score (nSPS) is 14.0. The molecule has 2 heterocycles. The highest BCUT2D eigenvalue weighted by Crippen LogP contribution is 2.22. The minimum absolute atomic E-state index is 0.0523. The van der Waals surface area contributed by atoms with Gasteiger partial charge in [0, 0.05) is 41.5 Å². The van der Waals surface area contributed by atoms with Crippen molar-refractivity contribution in [1.29, 1.82) is 0 Å². The Morgan fingerprint density at radius 1 is 1.00 bits per heavy atom. The van der Waals surface area contributed by atoms with Gasteiger partial charge in [-0.2, -0.15) is 0 Å². The Morgan fingerprint density at radius 3 is 2.41 bits per heavy atom. The number of H-pyrrole nitrogens is 1. The standard InChI is InChI=1S/C24H21F3N4O3/c1-14-11-30(28-23(33)15(14)2)12-16-3-5-19(25)18(9-16)24(34)29-7-8-31(22(32)13-29)17-4-6-20(26)21(27)10-17/h3-6,9-11H,7-8,12-13H2,1-2H3/p+1. The number of carbonyl (C=O) groups is 2. The van der Waals surface area contributed by atoms with E-state index in [-0.39, 0.29) is 43.0 Å². The lowest BCUT2D eigenvalue weighted by atomic mass is 10.1. The molecule has 0 radical (unpaired) electrons. The van der Waals surface area contributed by atoms with E-state index in [1.807, 2.05) is 0 Å². The Kier molecular flexibility index (Phi) is 6.23. The lowest BCUT2D eigenvalue weighted by Gasteiger charge is -2.34. The molecule has 176 valence electrons. The zero-order valence-corrected chi connectivity index (χ0v) is 18.6. The second-order valence-electron chi connectivity index (χ2n) is 8.19. The quantitative estimate of drug-likeness (QED) is 0.593. The van der Waals surface area contributed by atoms with E-state index in [1.165, 1.54) is 34.1 Å². The van der Waals surface area contributed by atoms with Crippen molar-refractivity contribution in [2.75, 3.05) is 24.5 Å². The van der Waals surface area contributed by atoms with Crippen LogP contribution in [0.25, 0.3) is 0 Å². The third-order valence-electron chi connectivity index (χ3n) is 5.86. The molecule has 1 aromatic heterocycles. The van der Waals surface area contributed by atoms with E-state index in [9.17, 15) is 27.6 Å². The van der Waals surface area contributed by atoms with Crippen molar-refractivity contribution >= 4 is 17.5 Å². The van der Waals surface area contributed by atoms with E-state index in [1.54, 1.807) is 24.7 Å². The van der Waals surface area contributed by atoms with Crippen LogP contribution in [0.2, 0.25) is 0 Å². The predicted octanol–water partition coefficient (Wildman–Crippen LogP) is 2.23. The number of hydrogen-bond acceptors (Lipinski definition) is 3. The van der Waals surface area contributed by atoms with Crippen molar-refractivity contribution in [2.45, 2.75) is 20.4 Å². The summed E-state index contributed by atoms with van der Waals surface area (Å²) in [5, 5.41) is 2.70. The number of anilines is 1. The smallest absolute Gasteiger partial charge is 0.301 e. The second-order valence-corrected chi connectivity index (χ2v) is 8.19. The SMILES string of the molecule is Cc1c[n+](Cc2ccc(F)c(C(=O)N3CCN(c4ccc(F)c(F)c4)C(=O)C3)c2)[nH]c(=O)c1C. The molecule has 2 aromatic carbocycles. The summed E-state index contributed by atoms with van der Waals surface area (Å²) in [6, 6.07) is 7.20. The van der Waals surface area contributed by atoms with Crippen molar-refractivity contribution in [2.24, 2.45) is 0 Å². The van der Waals surface area contributed by atoms with Crippen LogP contribution in [0.4, 0.5) is 18.9 Å². The third-order valence-corrected chi connectivity index (χ3v) is 5.86. The molecular weight excluding hydrogens is 449 g/mol. The summed E-state index contributed by atoms with van der Waals surface area (Å²) in [5.74, 6) is -3.99. The van der Waals surface area contributed by atoms with Crippen LogP contribution < -0.4 is 15.1 Å². The molecule has 1 saturated heterocycles. The maximum Gasteiger partial charge on any atom is 0.301 e. The number of halogens is 3. The first-order chi connectivity index (χ1) is 16.1. The van der Waals surface area contributed by atoms with Gasteiger partial charge >= 0.3 is 5.56 Å². The van der Waals surface area contributed by atoms with E-state index >= 15 is 0 Å². The average Bonchev–Trinajstić information content (AvgIpc) is 2.80. The number of piperazine rings is 1. The van der Waals surface area contributed by atoms with E-state index in [4.69, 9.17) is 0 Å². The van der Waals surface area contributed by atoms with Crippen LogP contribution in [0, 0.1) is 31.3 Å². The number of benzene rings is 2. The fourth-order valence-electron chi connectivity index (χ4n) is 3.82. The van der Waals surface area contributed by atoms with E-state index in [0.29, 0.717) is 11.1 Å². The molecule has 0 atom stereocenters. The highest BCUT2D eigenvalue weighted by atomic mass is 19.2. The summed E-state index contributed by atoms with van der Waals surface area (Å²) in [6.07, 6.45) is 1.75. The predicted molar refractivity (Wildman–Crippen MR) is 117 cm³/mol. The van der Waals surface area contributed by atoms with Crippen molar-refractivity contribution < 1.29 is 27.4 Å². The Hall–Kier alpha value is -3.95. The first-order valence-electron chi connectivity index (χ1n) is 10.6. The first-order valence-corrected chi connectivity index (χ1v) is 10.6. The molecule has 1 fully saturated rings. The van der Waals surface area contributed by atoms with Gasteiger partial charge in [0.2, 0.25) is 5.91 Å². The van der Waals surface area contributed by atoms with Gasteiger partial charge in [-0.05, 0) is 44.2 Å². The topological polar surface area (TPSA) is 77.4 Å². The molecular formula is C24H22F3N4O3+. The number of aromatic amines is 1. The Bertz CT molecular complexity index is 1360. The van der Waals surface area contributed by atoms with Gasteiger partial charge < -0.3 is 9.80 Å². The summed E-state index contributed by atoms with van der Waals surface area (Å²) < 4.78 is 42.8. The average molecular weight is 471 g/mol. The van der Waals surface area contributed by atoms with Gasteiger partial charge in [-0.1, -0.05) is 0 Å². The van der Waals surface area contributed by atoms with E-state index in [0.717, 1.165) is 17.7 Å². The van der Waals surface area contributed by atoms with Crippen LogP contribution in [-0.4, -0.2) is 41.4 Å². The number of aromatic nitrogens is 2. The number of hydrogen-bond donors (Lipinski definition) is 1. The van der Waals surface area contributed by atoms with Gasteiger partial charge in [0.05, 0.1) is 5.56 Å². The summed E-state index contributed by atoms with van der Waals surface area (Å²) in [5.41, 5.74) is 1.72. The molecule has 34 heavy (non-hydrogen) atoms. The largest absolute Gasteiger partial charge is 0.327 e. The minimum atomic E-state index is -1.08. The summed E-state index contributed by atoms with van der Waals surface area (Å²) in [4.78, 5) is 40.1. The van der Waals surface area contributed by atoms with E-state index in [2.05, 4.69) is 5.10 Å². The van der Waals surface area contributed by atoms with Gasteiger partial charge in [-0.3, -0.25) is 14.4 Å². The number of aryl methyl sites for hydroxylation is 1. The van der Waals surface area contributed by atoms with Gasteiger partial charge in [-0.25, -0.2) is 13.2 Å². The zero-order chi connectivity index (χ0) is 24.6. The Labute approximate surface area is 193 Å². The summed E-state index contributed by atoms with van der Waals surface area (Å²) in [6.45, 7) is 3.53. The van der Waals surface area contributed by atoms with Crippen LogP contribution in [-0.2, 0) is 11.3 Å². The summed E-state index contributed by atoms with van der Waals surface area (Å²) in [7, 11) is 0. The lowest BCUT2D eigenvalue weighted by Crippen LogP contribution is -2.52. The second kappa shape index (κ2) is 9.12. The Balaban J connectivity index is 1.51. The van der Waals surface area contributed by atoms with Crippen LogP contribution in [0.5, 0.6) is 0 Å². The number of nitrogens with one attached hydrogen (secondary N) is 1. The highest BCUT2D eigenvalue weighted by Gasteiger charge is 2.30. The van der Waals surface area contributed by atoms with Crippen molar-refractivity contribution in [3.8, 4) is 0 Å². The molecule has 0 bridgehead atoms. The molecule has 1 aliphatic rings. The monoisotopic (exact) mass is 471 g/mol. The maximum atomic E-state index is 14.5. The zero-order valence-electron chi connectivity index (χ0n) is 18.6.